The van der Waals surface area contributed by atoms with Crippen LogP contribution in [0.25, 0.3) is 0 Å². The molecule has 31 heavy (non-hydrogen) atoms. The molecular weight excluding hydrogens is 396 g/mol. The van der Waals surface area contributed by atoms with Crippen LogP contribution in [0, 0.1) is 0 Å². The number of carbonyl (C=O) groups is 3. The lowest BCUT2D eigenvalue weighted by atomic mass is 9.91. The first-order valence-corrected chi connectivity index (χ1v) is 10.6. The summed E-state index contributed by atoms with van der Waals surface area (Å²) in [6, 6.07) is 18.7. The number of nitrogens with one attached hydrogen (secondary N) is 1. The van der Waals surface area contributed by atoms with Gasteiger partial charge in [0.1, 0.15) is 5.92 Å². The van der Waals surface area contributed by atoms with Crippen molar-refractivity contribution in [2.75, 3.05) is 26.3 Å². The number of likely N-dealkylation sites (tertiary alicyclic amines) is 1. The summed E-state index contributed by atoms with van der Waals surface area (Å²) in [4.78, 5) is 38.6. The minimum atomic E-state index is -0.594. The molecule has 0 bridgehead atoms. The fourth-order valence-electron chi connectivity index (χ4n) is 3.67. The molecule has 7 heteroatoms. The number of benzene rings is 2. The topological polar surface area (TPSA) is 84.9 Å². The molecule has 3 rings (SSSR count). The van der Waals surface area contributed by atoms with E-state index >= 15 is 0 Å². The highest BCUT2D eigenvalue weighted by Crippen LogP contribution is 2.25. The lowest BCUT2D eigenvalue weighted by molar-refractivity contribution is -0.149. The van der Waals surface area contributed by atoms with Gasteiger partial charge < -0.3 is 19.7 Å². The molecule has 2 aromatic rings. The Morgan fingerprint density at radius 1 is 0.935 bits per heavy atom. The van der Waals surface area contributed by atoms with Crippen molar-refractivity contribution in [2.24, 2.45) is 0 Å². The quantitative estimate of drug-likeness (QED) is 0.691. The van der Waals surface area contributed by atoms with E-state index in [1.807, 2.05) is 60.7 Å². The Hall–Kier alpha value is -3.35. The Balaban J connectivity index is 1.52. The molecule has 1 heterocycles. The van der Waals surface area contributed by atoms with Crippen LogP contribution in [-0.2, 0) is 19.1 Å². The van der Waals surface area contributed by atoms with Crippen LogP contribution in [0.15, 0.2) is 60.7 Å². The molecule has 0 aromatic heterocycles. The monoisotopic (exact) mass is 424 g/mol. The Kier molecular flexibility index (Phi) is 8.04. The summed E-state index contributed by atoms with van der Waals surface area (Å²) in [7, 11) is 0. The molecule has 1 aliphatic rings. The van der Waals surface area contributed by atoms with Crippen molar-refractivity contribution in [3.63, 3.8) is 0 Å². The maximum absolute atomic E-state index is 12.9. The van der Waals surface area contributed by atoms with Crippen LogP contribution in [0.3, 0.4) is 0 Å². The first-order chi connectivity index (χ1) is 15.1. The molecule has 2 amide bonds. The SMILES string of the molecule is CCOC(=O)N1CCC(NC(=O)COC(=O)C(c2ccccc2)c2ccccc2)CC1. The number of rotatable bonds is 7. The molecule has 0 saturated carbocycles. The number of piperidine rings is 1. The number of hydrogen-bond acceptors (Lipinski definition) is 5. The second-order valence-electron chi connectivity index (χ2n) is 7.39. The average molecular weight is 424 g/mol. The third-order valence-corrected chi connectivity index (χ3v) is 5.23. The first kappa shape index (κ1) is 22.3. The van der Waals surface area contributed by atoms with Gasteiger partial charge in [0.05, 0.1) is 6.61 Å². The van der Waals surface area contributed by atoms with E-state index in [0.717, 1.165) is 11.1 Å². The zero-order chi connectivity index (χ0) is 22.1. The summed E-state index contributed by atoms with van der Waals surface area (Å²) in [5.41, 5.74) is 1.62. The minimum Gasteiger partial charge on any atom is -0.455 e. The van der Waals surface area contributed by atoms with E-state index in [9.17, 15) is 14.4 Å². The molecule has 0 aliphatic carbocycles. The molecule has 7 nitrogen and oxygen atoms in total. The van der Waals surface area contributed by atoms with Gasteiger partial charge in [-0.3, -0.25) is 9.59 Å². The van der Waals surface area contributed by atoms with Crippen LogP contribution in [0.4, 0.5) is 4.79 Å². The van der Waals surface area contributed by atoms with Gasteiger partial charge in [0.2, 0.25) is 0 Å². The van der Waals surface area contributed by atoms with Gasteiger partial charge in [-0.2, -0.15) is 0 Å². The molecule has 1 fully saturated rings. The highest BCUT2D eigenvalue weighted by molar-refractivity contribution is 5.85. The second kappa shape index (κ2) is 11.2. The van der Waals surface area contributed by atoms with Crippen molar-refractivity contribution in [3.05, 3.63) is 71.8 Å². The van der Waals surface area contributed by atoms with Gasteiger partial charge in [0.15, 0.2) is 6.61 Å². The average Bonchev–Trinajstić information content (AvgIpc) is 2.80. The van der Waals surface area contributed by atoms with Crippen LogP contribution < -0.4 is 5.32 Å². The van der Waals surface area contributed by atoms with Crippen LogP contribution in [0.2, 0.25) is 0 Å². The van der Waals surface area contributed by atoms with E-state index in [1.165, 1.54) is 0 Å². The molecule has 0 atom stereocenters. The largest absolute Gasteiger partial charge is 0.455 e. The number of carbonyl (C=O) groups excluding carboxylic acids is 3. The molecule has 2 aromatic carbocycles. The maximum atomic E-state index is 12.9. The van der Waals surface area contributed by atoms with Crippen molar-refractivity contribution in [1.82, 2.24) is 10.2 Å². The van der Waals surface area contributed by atoms with E-state index in [-0.39, 0.29) is 24.6 Å². The van der Waals surface area contributed by atoms with Crippen molar-refractivity contribution in [1.29, 1.82) is 0 Å². The van der Waals surface area contributed by atoms with Gasteiger partial charge in [-0.1, -0.05) is 60.7 Å². The highest BCUT2D eigenvalue weighted by atomic mass is 16.6. The molecule has 0 unspecified atom stereocenters. The minimum absolute atomic E-state index is 0.0593. The van der Waals surface area contributed by atoms with E-state index in [4.69, 9.17) is 9.47 Å². The summed E-state index contributed by atoms with van der Waals surface area (Å²) < 4.78 is 10.4. The van der Waals surface area contributed by atoms with Crippen LogP contribution in [-0.4, -0.2) is 55.2 Å². The van der Waals surface area contributed by atoms with Crippen molar-refractivity contribution in [2.45, 2.75) is 31.7 Å². The fourth-order valence-corrected chi connectivity index (χ4v) is 3.67. The molecule has 0 spiro atoms. The Labute approximate surface area is 182 Å². The highest BCUT2D eigenvalue weighted by Gasteiger charge is 2.27. The molecule has 1 aliphatic heterocycles. The first-order valence-electron chi connectivity index (χ1n) is 10.6. The fraction of sp³-hybridized carbons (Fsp3) is 0.375. The van der Waals surface area contributed by atoms with Gasteiger partial charge in [-0.15, -0.1) is 0 Å². The van der Waals surface area contributed by atoms with Crippen LogP contribution in [0.1, 0.15) is 36.8 Å². The standard InChI is InChI=1S/C24H28N2O5/c1-2-30-24(29)26-15-13-20(14-16-26)25-21(27)17-31-23(28)22(18-9-5-3-6-10-18)19-11-7-4-8-12-19/h3-12,20,22H,2,13-17H2,1H3,(H,25,27). The van der Waals surface area contributed by atoms with Crippen LogP contribution >= 0.6 is 0 Å². The lowest BCUT2D eigenvalue weighted by Crippen LogP contribution is -2.47. The van der Waals surface area contributed by atoms with Crippen molar-refractivity contribution in [3.8, 4) is 0 Å². The zero-order valence-corrected chi connectivity index (χ0v) is 17.7. The second-order valence-corrected chi connectivity index (χ2v) is 7.39. The van der Waals surface area contributed by atoms with Crippen molar-refractivity contribution < 1.29 is 23.9 Å². The van der Waals surface area contributed by atoms with Gasteiger partial charge in [-0.25, -0.2) is 4.79 Å². The van der Waals surface area contributed by atoms with E-state index in [0.29, 0.717) is 32.5 Å². The van der Waals surface area contributed by atoms with E-state index in [2.05, 4.69) is 5.32 Å². The Bertz CT molecular complexity index is 825. The number of amides is 2. The molecule has 0 radical (unpaired) electrons. The smallest absolute Gasteiger partial charge is 0.409 e. The molecule has 1 N–H and O–H groups in total. The lowest BCUT2D eigenvalue weighted by Gasteiger charge is -2.31. The normalized spacial score (nSPS) is 14.2. The third-order valence-electron chi connectivity index (χ3n) is 5.23. The summed E-state index contributed by atoms with van der Waals surface area (Å²) in [6.45, 7) is 2.81. The van der Waals surface area contributed by atoms with Gasteiger partial charge in [0, 0.05) is 19.1 Å². The third kappa shape index (κ3) is 6.31. The summed E-state index contributed by atoms with van der Waals surface area (Å²) in [5, 5.41) is 2.89. The van der Waals surface area contributed by atoms with Gasteiger partial charge in [0.25, 0.3) is 5.91 Å². The van der Waals surface area contributed by atoms with Crippen LogP contribution in [0.5, 0.6) is 0 Å². The number of hydrogen-bond donors (Lipinski definition) is 1. The zero-order valence-electron chi connectivity index (χ0n) is 17.7. The predicted octanol–water partition coefficient (Wildman–Crippen LogP) is 3.10. The number of nitrogens with zero attached hydrogens (tertiary/aromatic N) is 1. The predicted molar refractivity (Wildman–Crippen MR) is 115 cm³/mol. The van der Waals surface area contributed by atoms with Crippen molar-refractivity contribution >= 4 is 18.0 Å². The Morgan fingerprint density at radius 2 is 1.48 bits per heavy atom. The summed E-state index contributed by atoms with van der Waals surface area (Å²) in [6.07, 6.45) is 0.943. The maximum Gasteiger partial charge on any atom is 0.409 e. The van der Waals surface area contributed by atoms with E-state index in [1.54, 1.807) is 11.8 Å². The number of esters is 1. The molecule has 1 saturated heterocycles. The Morgan fingerprint density at radius 3 is 2.00 bits per heavy atom. The van der Waals surface area contributed by atoms with Gasteiger partial charge >= 0.3 is 12.1 Å². The molecule has 164 valence electrons. The number of ether oxygens (including phenoxy) is 2. The molecular formula is C24H28N2O5. The van der Waals surface area contributed by atoms with Gasteiger partial charge in [-0.05, 0) is 30.9 Å². The summed E-state index contributed by atoms with van der Waals surface area (Å²) >= 11 is 0. The van der Waals surface area contributed by atoms with E-state index < -0.39 is 11.9 Å². The summed E-state index contributed by atoms with van der Waals surface area (Å²) in [5.74, 6) is -1.41.